The van der Waals surface area contributed by atoms with E-state index in [0.717, 1.165) is 0 Å². The zero-order valence-electron chi connectivity index (χ0n) is 13.9. The quantitative estimate of drug-likeness (QED) is 0.549. The molecular formula is C18H16ClN3O4. The summed E-state index contributed by atoms with van der Waals surface area (Å²) in [4.78, 5) is 23.2. The number of aryl methyl sites for hydroxylation is 1. The molecule has 0 spiro atoms. The van der Waals surface area contributed by atoms with Gasteiger partial charge in [0.15, 0.2) is 0 Å². The summed E-state index contributed by atoms with van der Waals surface area (Å²) >= 11 is 5.84. The third-order valence-corrected chi connectivity index (χ3v) is 4.31. The Morgan fingerprint density at radius 3 is 2.58 bits per heavy atom. The van der Waals surface area contributed by atoms with Crippen LogP contribution in [0.2, 0.25) is 5.02 Å². The summed E-state index contributed by atoms with van der Waals surface area (Å²) in [6.45, 7) is 1.79. The van der Waals surface area contributed by atoms with Gasteiger partial charge in [0.05, 0.1) is 23.3 Å². The number of nitro groups is 1. The summed E-state index contributed by atoms with van der Waals surface area (Å²) in [5.74, 6) is 0. The van der Waals surface area contributed by atoms with E-state index >= 15 is 0 Å². The summed E-state index contributed by atoms with van der Waals surface area (Å²) in [6.07, 6.45) is 0.727. The maximum atomic E-state index is 12.7. The summed E-state index contributed by atoms with van der Waals surface area (Å²) < 4.78 is 2.76. The number of nitro benzene ring substituents is 1. The predicted octanol–water partition coefficient (Wildman–Crippen LogP) is 3.24. The fraction of sp³-hybridized carbons (Fsp3) is 0.167. The van der Waals surface area contributed by atoms with E-state index in [1.165, 1.54) is 27.3 Å². The normalized spacial score (nSPS) is 12.1. The minimum Gasteiger partial charge on any atom is -0.387 e. The standard InChI is InChI=1S/C18H16ClN3O4/c1-12-10-20(11-17(23)13-5-7-14(19)8-6-13)18(24)21(12)15-3-2-4-16(9-15)22(25)26/h2-10,17,23H,11H2,1H3/t17-/m1/s1. The first-order chi connectivity index (χ1) is 12.4. The number of non-ortho nitro benzene ring substituents is 1. The van der Waals surface area contributed by atoms with Crippen LogP contribution in [0, 0.1) is 17.0 Å². The van der Waals surface area contributed by atoms with Gasteiger partial charge in [-0.1, -0.05) is 29.8 Å². The predicted molar refractivity (Wildman–Crippen MR) is 97.8 cm³/mol. The van der Waals surface area contributed by atoms with Crippen molar-refractivity contribution in [3.63, 3.8) is 0 Å². The van der Waals surface area contributed by atoms with Crippen molar-refractivity contribution in [3.05, 3.63) is 91.6 Å². The molecule has 8 heteroatoms. The smallest absolute Gasteiger partial charge is 0.333 e. The van der Waals surface area contributed by atoms with E-state index in [1.54, 1.807) is 43.5 Å². The molecule has 0 aliphatic carbocycles. The molecule has 0 saturated carbocycles. The number of imidazole rings is 1. The lowest BCUT2D eigenvalue weighted by Crippen LogP contribution is -2.25. The Labute approximate surface area is 153 Å². The highest BCUT2D eigenvalue weighted by molar-refractivity contribution is 6.30. The molecule has 1 N–H and O–H groups in total. The first-order valence-corrected chi connectivity index (χ1v) is 8.22. The first kappa shape index (κ1) is 17.9. The van der Waals surface area contributed by atoms with Gasteiger partial charge in [0.1, 0.15) is 0 Å². The van der Waals surface area contributed by atoms with Gasteiger partial charge in [-0.2, -0.15) is 0 Å². The van der Waals surface area contributed by atoms with E-state index in [2.05, 4.69) is 0 Å². The van der Waals surface area contributed by atoms with Crippen LogP contribution in [0.15, 0.2) is 59.5 Å². The summed E-state index contributed by atoms with van der Waals surface area (Å²) in [5, 5.41) is 21.9. The maximum absolute atomic E-state index is 12.7. The number of rotatable bonds is 5. The number of hydrogen-bond donors (Lipinski definition) is 1. The van der Waals surface area contributed by atoms with E-state index in [0.29, 0.717) is 22.0 Å². The van der Waals surface area contributed by atoms with Crippen molar-refractivity contribution >= 4 is 17.3 Å². The molecule has 0 saturated heterocycles. The highest BCUT2D eigenvalue weighted by Crippen LogP contribution is 2.19. The number of hydrogen-bond acceptors (Lipinski definition) is 4. The van der Waals surface area contributed by atoms with Gasteiger partial charge < -0.3 is 5.11 Å². The minimum atomic E-state index is -0.884. The second-order valence-electron chi connectivity index (χ2n) is 5.89. The zero-order chi connectivity index (χ0) is 18.8. The lowest BCUT2D eigenvalue weighted by atomic mass is 10.1. The number of nitrogens with zero attached hydrogens (tertiary/aromatic N) is 3. The first-order valence-electron chi connectivity index (χ1n) is 7.84. The molecule has 0 aliphatic heterocycles. The summed E-state index contributed by atoms with van der Waals surface area (Å²) in [7, 11) is 0. The van der Waals surface area contributed by atoms with Crippen molar-refractivity contribution in [2.45, 2.75) is 19.6 Å². The highest BCUT2D eigenvalue weighted by Gasteiger charge is 2.16. The van der Waals surface area contributed by atoms with E-state index in [-0.39, 0.29) is 17.9 Å². The van der Waals surface area contributed by atoms with E-state index in [9.17, 15) is 20.0 Å². The molecule has 0 amide bonds. The number of aliphatic hydroxyl groups excluding tert-OH is 1. The van der Waals surface area contributed by atoms with E-state index in [1.807, 2.05) is 0 Å². The van der Waals surface area contributed by atoms with Gasteiger partial charge in [-0.3, -0.25) is 19.2 Å². The van der Waals surface area contributed by atoms with Gasteiger partial charge in [-0.05, 0) is 30.7 Å². The van der Waals surface area contributed by atoms with Gasteiger partial charge in [-0.15, -0.1) is 0 Å². The molecule has 134 valence electrons. The Balaban J connectivity index is 1.93. The van der Waals surface area contributed by atoms with E-state index < -0.39 is 11.0 Å². The number of aliphatic hydroxyl groups is 1. The largest absolute Gasteiger partial charge is 0.387 e. The van der Waals surface area contributed by atoms with Gasteiger partial charge in [0, 0.05) is 29.0 Å². The van der Waals surface area contributed by atoms with Crippen molar-refractivity contribution in [2.75, 3.05) is 0 Å². The summed E-state index contributed by atoms with van der Waals surface area (Å²) in [6, 6.07) is 12.6. The highest BCUT2D eigenvalue weighted by atomic mass is 35.5. The third-order valence-electron chi connectivity index (χ3n) is 4.06. The Bertz CT molecular complexity index is 1010. The number of benzene rings is 2. The molecule has 7 nitrogen and oxygen atoms in total. The van der Waals surface area contributed by atoms with Crippen LogP contribution in [0.3, 0.4) is 0 Å². The molecule has 1 atom stereocenters. The van der Waals surface area contributed by atoms with Crippen LogP contribution >= 0.6 is 11.6 Å². The van der Waals surface area contributed by atoms with Crippen LogP contribution in [-0.2, 0) is 6.54 Å². The van der Waals surface area contributed by atoms with Crippen LogP contribution in [0.5, 0.6) is 0 Å². The van der Waals surface area contributed by atoms with E-state index in [4.69, 9.17) is 11.6 Å². The Morgan fingerprint density at radius 2 is 1.92 bits per heavy atom. The number of halogens is 1. The number of aromatic nitrogens is 2. The van der Waals surface area contributed by atoms with Crippen molar-refractivity contribution in [2.24, 2.45) is 0 Å². The van der Waals surface area contributed by atoms with Gasteiger partial charge in [0.25, 0.3) is 5.69 Å². The Morgan fingerprint density at radius 1 is 1.23 bits per heavy atom. The molecular weight excluding hydrogens is 358 g/mol. The SMILES string of the molecule is Cc1cn(C[C@@H](O)c2ccc(Cl)cc2)c(=O)n1-c1cccc([N+](=O)[O-])c1. The molecule has 0 radical (unpaired) electrons. The second kappa shape index (κ2) is 7.15. The van der Waals surface area contributed by atoms with Crippen LogP contribution in [0.25, 0.3) is 5.69 Å². The van der Waals surface area contributed by atoms with Crippen molar-refractivity contribution in [3.8, 4) is 5.69 Å². The second-order valence-corrected chi connectivity index (χ2v) is 6.32. The molecule has 26 heavy (non-hydrogen) atoms. The molecule has 1 aromatic heterocycles. The molecule has 3 rings (SSSR count). The fourth-order valence-electron chi connectivity index (χ4n) is 2.78. The monoisotopic (exact) mass is 373 g/mol. The van der Waals surface area contributed by atoms with Gasteiger partial charge in [0.2, 0.25) is 0 Å². The van der Waals surface area contributed by atoms with Crippen LogP contribution < -0.4 is 5.69 Å². The topological polar surface area (TPSA) is 90.3 Å². The average Bonchev–Trinajstić information content (AvgIpc) is 2.89. The lowest BCUT2D eigenvalue weighted by Gasteiger charge is -2.11. The van der Waals surface area contributed by atoms with Gasteiger partial charge >= 0.3 is 5.69 Å². The fourth-order valence-corrected chi connectivity index (χ4v) is 2.91. The maximum Gasteiger partial charge on any atom is 0.333 e. The molecule has 0 fully saturated rings. The molecule has 1 heterocycles. The van der Waals surface area contributed by atoms with Crippen molar-refractivity contribution < 1.29 is 10.0 Å². The minimum absolute atomic E-state index is 0.0588. The molecule has 0 aliphatic rings. The molecule has 2 aromatic carbocycles. The summed E-state index contributed by atoms with van der Waals surface area (Å²) in [5.41, 5.74) is 1.18. The van der Waals surface area contributed by atoms with Crippen LogP contribution in [0.4, 0.5) is 5.69 Å². The molecule has 0 unspecified atom stereocenters. The Hall–Kier alpha value is -2.90. The molecule has 0 bridgehead atoms. The van der Waals surface area contributed by atoms with Crippen molar-refractivity contribution in [1.82, 2.24) is 9.13 Å². The third kappa shape index (κ3) is 3.54. The van der Waals surface area contributed by atoms with Gasteiger partial charge in [-0.25, -0.2) is 4.79 Å². The van der Waals surface area contributed by atoms with Crippen molar-refractivity contribution in [1.29, 1.82) is 0 Å². The van der Waals surface area contributed by atoms with Crippen LogP contribution in [0.1, 0.15) is 17.4 Å². The lowest BCUT2D eigenvalue weighted by molar-refractivity contribution is -0.384. The Kier molecular flexibility index (Phi) is 4.92. The zero-order valence-corrected chi connectivity index (χ0v) is 14.6. The average molecular weight is 374 g/mol. The molecule has 3 aromatic rings. The van der Waals surface area contributed by atoms with Crippen LogP contribution in [-0.4, -0.2) is 19.2 Å².